The molecule has 5 nitrogen and oxygen atoms in total. The Morgan fingerprint density at radius 2 is 2.16 bits per heavy atom. The first-order chi connectivity index (χ1) is 8.97. The third-order valence-electron chi connectivity index (χ3n) is 2.25. The van der Waals surface area contributed by atoms with Crippen LogP contribution in [0.1, 0.15) is 17.0 Å². The number of nitrogens with zero attached hydrogens (tertiary/aromatic N) is 2. The van der Waals surface area contributed by atoms with Crippen molar-refractivity contribution in [3.05, 3.63) is 41.2 Å². The number of carbonyl (C=O) groups is 1. The van der Waals surface area contributed by atoms with Gasteiger partial charge in [-0.25, -0.2) is 4.68 Å². The second-order valence-electron chi connectivity index (χ2n) is 3.57. The van der Waals surface area contributed by atoms with E-state index in [4.69, 9.17) is 11.6 Å². The molecule has 0 radical (unpaired) electrons. The number of halogens is 3. The van der Waals surface area contributed by atoms with E-state index in [2.05, 4.69) is 10.4 Å². The van der Waals surface area contributed by atoms with E-state index >= 15 is 0 Å². The van der Waals surface area contributed by atoms with E-state index in [9.17, 15) is 18.7 Å². The number of carbonyl (C=O) groups excluding carboxylic acids is 1. The monoisotopic (exact) mass is 287 g/mol. The Labute approximate surface area is 111 Å². The second-order valence-corrected chi connectivity index (χ2v) is 4.01. The van der Waals surface area contributed by atoms with Crippen molar-refractivity contribution in [3.63, 3.8) is 0 Å². The van der Waals surface area contributed by atoms with E-state index in [0.717, 1.165) is 12.3 Å². The average molecular weight is 288 g/mol. The van der Waals surface area contributed by atoms with Crippen molar-refractivity contribution in [2.24, 2.45) is 0 Å². The fourth-order valence-corrected chi connectivity index (χ4v) is 1.53. The number of aromatic nitrogens is 2. The maximum Gasteiger partial charge on any atom is 0.333 e. The topological polar surface area (TPSA) is 67.2 Å². The molecular weight excluding hydrogens is 280 g/mol. The molecule has 0 unspecified atom stereocenters. The average Bonchev–Trinajstić information content (AvgIpc) is 2.83. The van der Waals surface area contributed by atoms with Gasteiger partial charge in [0, 0.05) is 11.2 Å². The van der Waals surface area contributed by atoms with E-state index in [-0.39, 0.29) is 17.1 Å². The van der Waals surface area contributed by atoms with Crippen molar-refractivity contribution in [2.45, 2.75) is 6.55 Å². The maximum atomic E-state index is 12.3. The fourth-order valence-electron chi connectivity index (χ4n) is 1.36. The van der Waals surface area contributed by atoms with Gasteiger partial charge in [0.15, 0.2) is 5.69 Å². The first kappa shape index (κ1) is 13.3. The summed E-state index contributed by atoms with van der Waals surface area (Å²) in [4.78, 5) is 11.7. The minimum atomic E-state index is -2.82. The second kappa shape index (κ2) is 5.23. The highest BCUT2D eigenvalue weighted by Gasteiger charge is 2.14. The standard InChI is InChI=1S/C11H8ClF2N3O2/c12-6-1-2-9(18)8(5-6)15-10(19)7-3-4-17(16-7)11(13)14/h1-5,11,18H,(H,15,19). The highest BCUT2D eigenvalue weighted by atomic mass is 35.5. The third-order valence-corrected chi connectivity index (χ3v) is 2.48. The van der Waals surface area contributed by atoms with Gasteiger partial charge in [0.2, 0.25) is 0 Å². The number of aromatic hydroxyl groups is 1. The van der Waals surface area contributed by atoms with E-state index in [1.54, 1.807) is 0 Å². The Morgan fingerprint density at radius 1 is 1.42 bits per heavy atom. The van der Waals surface area contributed by atoms with Crippen LogP contribution >= 0.6 is 11.6 Å². The molecule has 0 aliphatic heterocycles. The van der Waals surface area contributed by atoms with Crippen LogP contribution in [0.4, 0.5) is 14.5 Å². The van der Waals surface area contributed by atoms with E-state index in [1.165, 1.54) is 18.2 Å². The smallest absolute Gasteiger partial charge is 0.333 e. The summed E-state index contributed by atoms with van der Waals surface area (Å²) in [6, 6.07) is 5.22. The van der Waals surface area contributed by atoms with Crippen molar-refractivity contribution < 1.29 is 18.7 Å². The third kappa shape index (κ3) is 3.00. The number of anilines is 1. The van der Waals surface area contributed by atoms with Gasteiger partial charge in [-0.15, -0.1) is 0 Å². The van der Waals surface area contributed by atoms with E-state index in [0.29, 0.717) is 9.70 Å². The SMILES string of the molecule is O=C(Nc1cc(Cl)ccc1O)c1ccn(C(F)F)n1. The molecule has 2 N–H and O–H groups in total. The summed E-state index contributed by atoms with van der Waals surface area (Å²) in [7, 11) is 0. The van der Waals surface area contributed by atoms with Crippen LogP contribution in [0.15, 0.2) is 30.5 Å². The molecule has 0 aliphatic carbocycles. The van der Waals surface area contributed by atoms with Gasteiger partial charge < -0.3 is 10.4 Å². The predicted octanol–water partition coefficient (Wildman–Crippen LogP) is 2.89. The Hall–Kier alpha value is -2.15. The van der Waals surface area contributed by atoms with Gasteiger partial charge in [-0.1, -0.05) is 11.6 Å². The summed E-state index contributed by atoms with van der Waals surface area (Å²) >= 11 is 5.71. The summed E-state index contributed by atoms with van der Waals surface area (Å²) in [5.41, 5.74) is -0.122. The molecule has 0 fully saturated rings. The molecule has 0 bridgehead atoms. The number of phenols is 1. The van der Waals surface area contributed by atoms with Gasteiger partial charge >= 0.3 is 6.55 Å². The lowest BCUT2D eigenvalue weighted by atomic mass is 10.3. The number of phenolic OH excluding ortho intramolecular Hbond substituents is 1. The van der Waals surface area contributed by atoms with Crippen molar-refractivity contribution in [1.82, 2.24) is 9.78 Å². The molecule has 0 saturated carbocycles. The van der Waals surface area contributed by atoms with Gasteiger partial charge in [0.25, 0.3) is 5.91 Å². The molecule has 19 heavy (non-hydrogen) atoms. The van der Waals surface area contributed by atoms with E-state index in [1.807, 2.05) is 0 Å². The van der Waals surface area contributed by atoms with Gasteiger partial charge in [-0.2, -0.15) is 13.9 Å². The van der Waals surface area contributed by atoms with Gasteiger partial charge in [-0.3, -0.25) is 4.79 Å². The van der Waals surface area contributed by atoms with Crippen LogP contribution in [0.2, 0.25) is 5.02 Å². The molecular formula is C11H8ClF2N3O2. The molecule has 1 amide bonds. The Bertz CT molecular complexity index is 616. The molecule has 0 aliphatic rings. The lowest BCUT2D eigenvalue weighted by molar-refractivity contribution is 0.0561. The zero-order chi connectivity index (χ0) is 14.0. The zero-order valence-electron chi connectivity index (χ0n) is 9.35. The Balaban J connectivity index is 2.18. The number of amides is 1. The zero-order valence-corrected chi connectivity index (χ0v) is 10.1. The van der Waals surface area contributed by atoms with Crippen LogP contribution in [0.25, 0.3) is 0 Å². The number of benzene rings is 1. The number of rotatable bonds is 3. The van der Waals surface area contributed by atoms with Crippen molar-refractivity contribution in [3.8, 4) is 5.75 Å². The van der Waals surface area contributed by atoms with Crippen molar-refractivity contribution in [1.29, 1.82) is 0 Å². The lowest BCUT2D eigenvalue weighted by Crippen LogP contribution is -2.13. The molecule has 2 aromatic rings. The Morgan fingerprint density at radius 3 is 2.79 bits per heavy atom. The summed E-state index contributed by atoms with van der Waals surface area (Å²) in [5, 5.41) is 15.5. The quantitative estimate of drug-likeness (QED) is 0.853. The van der Waals surface area contributed by atoms with Crippen LogP contribution in [-0.4, -0.2) is 20.8 Å². The number of hydrogen-bond acceptors (Lipinski definition) is 3. The molecule has 0 spiro atoms. The van der Waals surface area contributed by atoms with Crippen LogP contribution in [-0.2, 0) is 0 Å². The number of hydrogen-bond donors (Lipinski definition) is 2. The predicted molar refractivity (Wildman–Crippen MR) is 64.6 cm³/mol. The highest BCUT2D eigenvalue weighted by molar-refractivity contribution is 6.31. The maximum absolute atomic E-state index is 12.3. The van der Waals surface area contributed by atoms with Crippen LogP contribution in [0.3, 0.4) is 0 Å². The molecule has 0 atom stereocenters. The first-order valence-electron chi connectivity index (χ1n) is 5.10. The van der Waals surface area contributed by atoms with Crippen molar-refractivity contribution in [2.75, 3.05) is 5.32 Å². The van der Waals surface area contributed by atoms with Crippen LogP contribution in [0.5, 0.6) is 5.75 Å². The first-order valence-corrected chi connectivity index (χ1v) is 5.48. The molecule has 2 rings (SSSR count). The highest BCUT2D eigenvalue weighted by Crippen LogP contribution is 2.26. The lowest BCUT2D eigenvalue weighted by Gasteiger charge is -2.06. The summed E-state index contributed by atoms with van der Waals surface area (Å²) in [6.07, 6.45) is 0.984. The fraction of sp³-hybridized carbons (Fsp3) is 0.0909. The molecule has 0 saturated heterocycles. The number of alkyl halides is 2. The van der Waals surface area contributed by atoms with Gasteiger partial charge in [0.1, 0.15) is 5.75 Å². The largest absolute Gasteiger partial charge is 0.506 e. The number of nitrogens with one attached hydrogen (secondary N) is 1. The molecule has 8 heteroatoms. The van der Waals surface area contributed by atoms with Crippen molar-refractivity contribution >= 4 is 23.2 Å². The minimum Gasteiger partial charge on any atom is -0.506 e. The minimum absolute atomic E-state index is 0.0732. The van der Waals surface area contributed by atoms with Gasteiger partial charge in [0.05, 0.1) is 5.69 Å². The van der Waals surface area contributed by atoms with E-state index < -0.39 is 12.5 Å². The molecule has 1 aromatic heterocycles. The Kier molecular flexibility index (Phi) is 3.66. The molecule has 1 heterocycles. The van der Waals surface area contributed by atoms with Crippen LogP contribution in [0, 0.1) is 0 Å². The summed E-state index contributed by atoms with van der Waals surface area (Å²) in [5.74, 6) is -0.914. The normalized spacial score (nSPS) is 10.7. The summed E-state index contributed by atoms with van der Waals surface area (Å²) < 4.78 is 25.0. The van der Waals surface area contributed by atoms with Crippen LogP contribution < -0.4 is 5.32 Å². The molecule has 1 aromatic carbocycles. The van der Waals surface area contributed by atoms with Gasteiger partial charge in [-0.05, 0) is 24.3 Å². The molecule has 100 valence electrons. The summed E-state index contributed by atoms with van der Waals surface area (Å²) in [6.45, 7) is -2.82.